The van der Waals surface area contributed by atoms with E-state index >= 15 is 0 Å². The standard InChI is InChI=1S/C12H25NO2S/c1-3-8-13-11-6-4-7-12(11)16(14)10-5-9-15-2/h11-13H,3-10H2,1-2H3. The van der Waals surface area contributed by atoms with Gasteiger partial charge in [0, 0.05) is 36.3 Å². The van der Waals surface area contributed by atoms with E-state index in [-0.39, 0.29) is 0 Å². The van der Waals surface area contributed by atoms with Gasteiger partial charge < -0.3 is 10.1 Å². The van der Waals surface area contributed by atoms with Crippen LogP contribution in [0.1, 0.15) is 39.0 Å². The predicted molar refractivity (Wildman–Crippen MR) is 69.2 cm³/mol. The Morgan fingerprint density at radius 3 is 2.94 bits per heavy atom. The van der Waals surface area contributed by atoms with Gasteiger partial charge in [-0.05, 0) is 32.2 Å². The molecule has 1 aliphatic rings. The first kappa shape index (κ1) is 14.1. The van der Waals surface area contributed by atoms with Gasteiger partial charge in [0.15, 0.2) is 0 Å². The largest absolute Gasteiger partial charge is 0.385 e. The highest BCUT2D eigenvalue weighted by Crippen LogP contribution is 2.24. The molecule has 3 nitrogen and oxygen atoms in total. The van der Waals surface area contributed by atoms with Gasteiger partial charge in [0.1, 0.15) is 0 Å². The van der Waals surface area contributed by atoms with E-state index in [1.165, 1.54) is 12.8 Å². The molecule has 1 saturated carbocycles. The van der Waals surface area contributed by atoms with Crippen molar-refractivity contribution in [1.29, 1.82) is 0 Å². The molecule has 3 unspecified atom stereocenters. The highest BCUT2D eigenvalue weighted by molar-refractivity contribution is 7.85. The third-order valence-electron chi connectivity index (χ3n) is 3.14. The number of hydrogen-bond donors (Lipinski definition) is 1. The molecule has 0 radical (unpaired) electrons. The second kappa shape index (κ2) is 8.20. The fourth-order valence-electron chi connectivity index (χ4n) is 2.30. The van der Waals surface area contributed by atoms with Crippen molar-refractivity contribution in [2.24, 2.45) is 0 Å². The summed E-state index contributed by atoms with van der Waals surface area (Å²) in [4.78, 5) is 0. The Balaban J connectivity index is 2.29. The van der Waals surface area contributed by atoms with Gasteiger partial charge in [-0.2, -0.15) is 0 Å². The third kappa shape index (κ3) is 4.52. The molecule has 3 atom stereocenters. The lowest BCUT2D eigenvalue weighted by molar-refractivity contribution is 0.200. The van der Waals surface area contributed by atoms with Crippen molar-refractivity contribution in [2.75, 3.05) is 26.0 Å². The van der Waals surface area contributed by atoms with E-state index in [4.69, 9.17) is 4.74 Å². The lowest BCUT2D eigenvalue weighted by atomic mass is 10.2. The van der Waals surface area contributed by atoms with E-state index in [2.05, 4.69) is 12.2 Å². The van der Waals surface area contributed by atoms with Gasteiger partial charge in [-0.1, -0.05) is 13.3 Å². The molecule has 16 heavy (non-hydrogen) atoms. The third-order valence-corrected chi connectivity index (χ3v) is 5.07. The van der Waals surface area contributed by atoms with Crippen LogP contribution in [0, 0.1) is 0 Å². The first-order valence-corrected chi connectivity index (χ1v) is 7.77. The van der Waals surface area contributed by atoms with Crippen LogP contribution in [0.5, 0.6) is 0 Å². The summed E-state index contributed by atoms with van der Waals surface area (Å²) >= 11 is 0. The zero-order valence-electron chi connectivity index (χ0n) is 10.5. The molecule has 0 spiro atoms. The second-order valence-electron chi connectivity index (χ2n) is 4.46. The van der Waals surface area contributed by atoms with Gasteiger partial charge in [-0.25, -0.2) is 0 Å². The van der Waals surface area contributed by atoms with Crippen LogP contribution in [0.25, 0.3) is 0 Å². The van der Waals surface area contributed by atoms with Crippen molar-refractivity contribution in [2.45, 2.75) is 50.3 Å². The number of rotatable bonds is 8. The van der Waals surface area contributed by atoms with E-state index in [0.717, 1.165) is 38.2 Å². The van der Waals surface area contributed by atoms with Crippen LogP contribution < -0.4 is 5.32 Å². The fraction of sp³-hybridized carbons (Fsp3) is 1.00. The second-order valence-corrected chi connectivity index (χ2v) is 6.24. The molecule has 0 aromatic rings. The van der Waals surface area contributed by atoms with E-state index in [9.17, 15) is 4.21 Å². The maximum atomic E-state index is 12.1. The lowest BCUT2D eigenvalue weighted by Gasteiger charge is -2.20. The van der Waals surface area contributed by atoms with Crippen molar-refractivity contribution in [1.82, 2.24) is 5.32 Å². The van der Waals surface area contributed by atoms with Crippen LogP contribution in [-0.4, -0.2) is 41.5 Å². The molecular formula is C12H25NO2S. The molecule has 1 fully saturated rings. The quantitative estimate of drug-likeness (QED) is 0.663. The lowest BCUT2D eigenvalue weighted by Crippen LogP contribution is -2.39. The average molecular weight is 247 g/mol. The Bertz CT molecular complexity index is 211. The Morgan fingerprint density at radius 2 is 2.25 bits per heavy atom. The normalized spacial score (nSPS) is 27.1. The summed E-state index contributed by atoms with van der Waals surface area (Å²) in [7, 11) is 1.03. The van der Waals surface area contributed by atoms with Crippen molar-refractivity contribution in [3.05, 3.63) is 0 Å². The maximum absolute atomic E-state index is 12.1. The molecule has 0 saturated heterocycles. The van der Waals surface area contributed by atoms with E-state index < -0.39 is 10.8 Å². The molecule has 1 N–H and O–H groups in total. The van der Waals surface area contributed by atoms with E-state index in [1.807, 2.05) is 0 Å². The minimum absolute atomic E-state index is 0.378. The summed E-state index contributed by atoms with van der Waals surface area (Å²) < 4.78 is 17.1. The number of methoxy groups -OCH3 is 1. The molecule has 0 bridgehead atoms. The van der Waals surface area contributed by atoms with Crippen molar-refractivity contribution < 1.29 is 8.95 Å². The number of ether oxygens (including phenoxy) is 1. The highest BCUT2D eigenvalue weighted by atomic mass is 32.2. The van der Waals surface area contributed by atoms with Crippen LogP contribution in [-0.2, 0) is 15.5 Å². The van der Waals surface area contributed by atoms with Crippen LogP contribution in [0.4, 0.5) is 0 Å². The zero-order valence-corrected chi connectivity index (χ0v) is 11.4. The van der Waals surface area contributed by atoms with Gasteiger partial charge in [0.05, 0.1) is 5.25 Å². The minimum Gasteiger partial charge on any atom is -0.385 e. The predicted octanol–water partition coefficient (Wildman–Crippen LogP) is 1.69. The highest BCUT2D eigenvalue weighted by Gasteiger charge is 2.30. The molecule has 0 amide bonds. The Morgan fingerprint density at radius 1 is 1.44 bits per heavy atom. The smallest absolute Gasteiger partial charge is 0.0501 e. The topological polar surface area (TPSA) is 38.3 Å². The molecule has 0 aromatic carbocycles. The minimum atomic E-state index is -0.673. The monoisotopic (exact) mass is 247 g/mol. The van der Waals surface area contributed by atoms with Crippen LogP contribution in [0.15, 0.2) is 0 Å². The zero-order chi connectivity index (χ0) is 11.8. The summed E-state index contributed by atoms with van der Waals surface area (Å²) in [5, 5.41) is 3.91. The summed E-state index contributed by atoms with van der Waals surface area (Å²) in [5.74, 6) is 0.794. The molecule has 1 aliphatic carbocycles. The number of hydrogen-bond acceptors (Lipinski definition) is 3. The van der Waals surface area contributed by atoms with E-state index in [1.54, 1.807) is 7.11 Å². The van der Waals surface area contributed by atoms with Crippen molar-refractivity contribution in [3.63, 3.8) is 0 Å². The summed E-state index contributed by atoms with van der Waals surface area (Å²) in [6.45, 7) is 3.95. The first-order chi connectivity index (χ1) is 7.79. The van der Waals surface area contributed by atoms with Crippen molar-refractivity contribution >= 4 is 10.8 Å². The van der Waals surface area contributed by atoms with Crippen LogP contribution in [0.2, 0.25) is 0 Å². The van der Waals surface area contributed by atoms with Crippen molar-refractivity contribution in [3.8, 4) is 0 Å². The van der Waals surface area contributed by atoms with E-state index in [0.29, 0.717) is 11.3 Å². The van der Waals surface area contributed by atoms with Gasteiger partial charge in [0.2, 0.25) is 0 Å². The summed E-state index contributed by atoms with van der Waals surface area (Å²) in [6.07, 6.45) is 5.61. The fourth-order valence-corrected chi connectivity index (χ4v) is 4.03. The molecule has 96 valence electrons. The molecule has 0 aliphatic heterocycles. The first-order valence-electron chi connectivity index (χ1n) is 6.39. The molecule has 0 heterocycles. The van der Waals surface area contributed by atoms with Crippen LogP contribution >= 0.6 is 0 Å². The molecule has 4 heteroatoms. The summed E-state index contributed by atoms with van der Waals surface area (Å²) in [5.41, 5.74) is 0. The van der Waals surface area contributed by atoms with Crippen LogP contribution in [0.3, 0.4) is 0 Å². The van der Waals surface area contributed by atoms with Gasteiger partial charge >= 0.3 is 0 Å². The maximum Gasteiger partial charge on any atom is 0.0501 e. The SMILES string of the molecule is CCCNC1CCCC1S(=O)CCCOC. The Labute approximate surface area is 102 Å². The number of nitrogens with one attached hydrogen (secondary N) is 1. The molecular weight excluding hydrogens is 222 g/mol. The van der Waals surface area contributed by atoms with Gasteiger partial charge in [-0.15, -0.1) is 0 Å². The van der Waals surface area contributed by atoms with Gasteiger partial charge in [0.25, 0.3) is 0 Å². The Hall–Kier alpha value is 0.0700. The summed E-state index contributed by atoms with van der Waals surface area (Å²) in [6, 6.07) is 0.489. The molecule has 0 aromatic heterocycles. The van der Waals surface area contributed by atoms with Gasteiger partial charge in [-0.3, -0.25) is 4.21 Å². The average Bonchev–Trinajstić information content (AvgIpc) is 2.74. The Kier molecular flexibility index (Phi) is 7.25. The molecule has 1 rings (SSSR count).